The Hall–Kier alpha value is -0.660. The molecule has 1 aliphatic rings. The minimum atomic E-state index is -3.06. The Morgan fingerprint density at radius 3 is 2.21 bits per heavy atom. The molecule has 29 heavy (non-hydrogen) atoms. The summed E-state index contributed by atoms with van der Waals surface area (Å²) in [6.45, 7) is 15.7. The first-order valence-electron chi connectivity index (χ1n) is 10.7. The van der Waals surface area contributed by atoms with Gasteiger partial charge in [0, 0.05) is 19.1 Å². The molecule has 1 amide bonds. The van der Waals surface area contributed by atoms with E-state index in [2.05, 4.69) is 18.7 Å². The van der Waals surface area contributed by atoms with Crippen molar-refractivity contribution >= 4 is 13.7 Å². The minimum Gasteiger partial charge on any atom is -0.444 e. The van der Waals surface area contributed by atoms with Gasteiger partial charge in [-0.05, 0) is 53.5 Å². The van der Waals surface area contributed by atoms with E-state index in [4.69, 9.17) is 13.8 Å². The maximum atomic E-state index is 12.7. The van der Waals surface area contributed by atoms with Crippen LogP contribution < -0.4 is 0 Å². The highest BCUT2D eigenvalue weighted by Crippen LogP contribution is 2.48. The predicted molar refractivity (Wildman–Crippen MR) is 114 cm³/mol. The van der Waals surface area contributed by atoms with Crippen LogP contribution >= 0.6 is 7.60 Å². The molecule has 0 aliphatic carbocycles. The molecule has 9 heteroatoms. The third kappa shape index (κ3) is 8.54. The first kappa shape index (κ1) is 26.4. The number of nitrogens with zero attached hydrogens (tertiary/aromatic N) is 2. The summed E-state index contributed by atoms with van der Waals surface area (Å²) < 4.78 is 29.0. The molecule has 1 rings (SSSR count). The first-order valence-corrected chi connectivity index (χ1v) is 12.4. The molecule has 1 fully saturated rings. The molecule has 172 valence electrons. The fourth-order valence-corrected chi connectivity index (χ4v) is 5.24. The van der Waals surface area contributed by atoms with Crippen molar-refractivity contribution in [3.05, 3.63) is 0 Å². The van der Waals surface area contributed by atoms with Gasteiger partial charge in [-0.1, -0.05) is 13.8 Å². The quantitative estimate of drug-likeness (QED) is 0.524. The van der Waals surface area contributed by atoms with E-state index in [1.807, 2.05) is 34.6 Å². The first-order chi connectivity index (χ1) is 13.5. The second kappa shape index (κ2) is 11.7. The second-order valence-electron chi connectivity index (χ2n) is 8.80. The van der Waals surface area contributed by atoms with Crippen molar-refractivity contribution in [2.45, 2.75) is 72.6 Å². The number of amides is 1. The van der Waals surface area contributed by atoms with E-state index in [0.29, 0.717) is 51.3 Å². The summed E-state index contributed by atoms with van der Waals surface area (Å²) in [7, 11) is -3.06. The van der Waals surface area contributed by atoms with Crippen LogP contribution in [-0.4, -0.2) is 84.3 Å². The van der Waals surface area contributed by atoms with Crippen molar-refractivity contribution in [3.8, 4) is 0 Å². The number of piperazine rings is 1. The van der Waals surface area contributed by atoms with Gasteiger partial charge in [0.25, 0.3) is 0 Å². The van der Waals surface area contributed by atoms with E-state index in [1.54, 1.807) is 4.90 Å². The zero-order chi connectivity index (χ0) is 22.2. The molecule has 0 aromatic rings. The lowest BCUT2D eigenvalue weighted by Crippen LogP contribution is -2.62. The molecule has 0 saturated carbocycles. The molecule has 0 aromatic heterocycles. The zero-order valence-electron chi connectivity index (χ0n) is 19.2. The summed E-state index contributed by atoms with van der Waals surface area (Å²) in [5.41, 5.74) is -0.582. The number of aliphatic hydroxyl groups excluding tert-OH is 1. The van der Waals surface area contributed by atoms with Crippen molar-refractivity contribution in [1.82, 2.24) is 9.80 Å². The van der Waals surface area contributed by atoms with Gasteiger partial charge in [-0.3, -0.25) is 9.46 Å². The van der Waals surface area contributed by atoms with Crippen molar-refractivity contribution < 1.29 is 28.3 Å². The Morgan fingerprint density at radius 2 is 1.76 bits per heavy atom. The van der Waals surface area contributed by atoms with Crippen LogP contribution in [0.1, 0.15) is 54.9 Å². The number of carbonyl (C=O) groups is 1. The summed E-state index contributed by atoms with van der Waals surface area (Å²) in [6, 6.07) is -0.200. The van der Waals surface area contributed by atoms with Gasteiger partial charge in [0.1, 0.15) is 5.60 Å². The topological polar surface area (TPSA) is 88.5 Å². The smallest absolute Gasteiger partial charge is 0.410 e. The minimum absolute atomic E-state index is 0.128. The molecule has 0 aromatic carbocycles. The number of rotatable bonds is 10. The van der Waals surface area contributed by atoms with Gasteiger partial charge < -0.3 is 23.8 Å². The van der Waals surface area contributed by atoms with E-state index in [0.717, 1.165) is 0 Å². The zero-order valence-corrected chi connectivity index (χ0v) is 20.1. The molecular weight excluding hydrogens is 395 g/mol. The van der Waals surface area contributed by atoms with Crippen molar-refractivity contribution in [1.29, 1.82) is 0 Å². The molecule has 0 unspecified atom stereocenters. The molecule has 1 aliphatic heterocycles. The standard InChI is InChI=1S/C20H41N2O6P/c1-8-26-29(25,27-9-2)12-10-11-21-13-17(15-23)22(14-18(21)16(3)4)19(24)28-20(5,6)7/h16-18,23H,8-15H2,1-7H3/t17-,18+/m0/s1. The van der Waals surface area contributed by atoms with E-state index in [-0.39, 0.29) is 24.8 Å². The molecule has 8 nitrogen and oxygen atoms in total. The van der Waals surface area contributed by atoms with E-state index in [9.17, 15) is 14.5 Å². The average molecular weight is 437 g/mol. The van der Waals surface area contributed by atoms with Gasteiger partial charge >= 0.3 is 13.7 Å². The monoisotopic (exact) mass is 436 g/mol. The third-order valence-electron chi connectivity index (χ3n) is 4.88. The molecule has 0 spiro atoms. The van der Waals surface area contributed by atoms with E-state index >= 15 is 0 Å². The number of ether oxygens (including phenoxy) is 1. The summed E-state index contributed by atoms with van der Waals surface area (Å²) in [5, 5.41) is 9.89. The van der Waals surface area contributed by atoms with Crippen LogP contribution in [-0.2, 0) is 18.3 Å². The lowest BCUT2D eigenvalue weighted by Gasteiger charge is -2.47. The fraction of sp³-hybridized carbons (Fsp3) is 0.950. The van der Waals surface area contributed by atoms with Crippen LogP contribution in [0.3, 0.4) is 0 Å². The van der Waals surface area contributed by atoms with Crippen molar-refractivity contribution in [3.63, 3.8) is 0 Å². The van der Waals surface area contributed by atoms with Gasteiger partial charge in [0.2, 0.25) is 0 Å². The van der Waals surface area contributed by atoms with Crippen LogP contribution in [0.15, 0.2) is 0 Å². The Kier molecular flexibility index (Phi) is 10.6. The number of carbonyl (C=O) groups excluding carboxylic acids is 1. The number of hydrogen-bond donors (Lipinski definition) is 1. The predicted octanol–water partition coefficient (Wildman–Crippen LogP) is 3.58. The molecule has 0 radical (unpaired) electrons. The number of hydrogen-bond acceptors (Lipinski definition) is 7. The van der Waals surface area contributed by atoms with E-state index < -0.39 is 13.2 Å². The third-order valence-corrected chi connectivity index (χ3v) is 7.04. The van der Waals surface area contributed by atoms with Crippen LogP contribution in [0.2, 0.25) is 0 Å². The van der Waals surface area contributed by atoms with Crippen LogP contribution in [0.25, 0.3) is 0 Å². The Labute approximate surface area is 176 Å². The molecule has 1 N–H and O–H groups in total. The Balaban J connectivity index is 2.81. The second-order valence-corrected chi connectivity index (χ2v) is 11.0. The highest BCUT2D eigenvalue weighted by atomic mass is 31.2. The van der Waals surface area contributed by atoms with Crippen LogP contribution in [0, 0.1) is 5.92 Å². The van der Waals surface area contributed by atoms with Gasteiger partial charge in [-0.25, -0.2) is 4.79 Å². The number of aliphatic hydroxyl groups is 1. The van der Waals surface area contributed by atoms with Crippen LogP contribution in [0.4, 0.5) is 4.79 Å². The van der Waals surface area contributed by atoms with Gasteiger partial charge in [-0.15, -0.1) is 0 Å². The molecule has 2 atom stereocenters. The highest BCUT2D eigenvalue weighted by molar-refractivity contribution is 7.53. The molecule has 1 saturated heterocycles. The lowest BCUT2D eigenvalue weighted by molar-refractivity contribution is -0.0347. The summed E-state index contributed by atoms with van der Waals surface area (Å²) >= 11 is 0. The largest absolute Gasteiger partial charge is 0.444 e. The average Bonchev–Trinajstić information content (AvgIpc) is 2.59. The van der Waals surface area contributed by atoms with Crippen molar-refractivity contribution in [2.24, 2.45) is 5.92 Å². The maximum absolute atomic E-state index is 12.7. The Morgan fingerprint density at radius 1 is 1.17 bits per heavy atom. The highest BCUT2D eigenvalue weighted by Gasteiger charge is 2.39. The maximum Gasteiger partial charge on any atom is 0.410 e. The van der Waals surface area contributed by atoms with Gasteiger partial charge in [-0.2, -0.15) is 0 Å². The van der Waals surface area contributed by atoms with Gasteiger partial charge in [0.15, 0.2) is 0 Å². The molecular formula is C20H41N2O6P. The lowest BCUT2D eigenvalue weighted by atomic mass is 9.97. The van der Waals surface area contributed by atoms with Crippen LogP contribution in [0.5, 0.6) is 0 Å². The van der Waals surface area contributed by atoms with E-state index in [1.165, 1.54) is 0 Å². The molecule has 0 bridgehead atoms. The van der Waals surface area contributed by atoms with Crippen molar-refractivity contribution in [2.75, 3.05) is 45.6 Å². The van der Waals surface area contributed by atoms with Gasteiger partial charge in [0.05, 0.1) is 32.0 Å². The summed E-state index contributed by atoms with van der Waals surface area (Å²) in [4.78, 5) is 16.6. The SMILES string of the molecule is CCOP(=O)(CCCN1C[C@@H](CO)N(C(=O)OC(C)(C)C)C[C@@H]1C(C)C)OCC. The summed E-state index contributed by atoms with van der Waals surface area (Å²) in [6.07, 6.45) is 0.625. The Bertz CT molecular complexity index is 542. The molecule has 1 heterocycles. The summed E-state index contributed by atoms with van der Waals surface area (Å²) in [5.74, 6) is 0.310. The fourth-order valence-electron chi connectivity index (χ4n) is 3.59. The normalized spacial score (nSPS) is 21.6.